The highest BCUT2D eigenvalue weighted by atomic mass is 16.5. The van der Waals surface area contributed by atoms with Gasteiger partial charge < -0.3 is 23.8 Å². The molecule has 0 saturated carbocycles. The highest BCUT2D eigenvalue weighted by Gasteiger charge is 2.30. The molecule has 146 valence electrons. The second-order valence-corrected chi connectivity index (χ2v) is 6.62. The van der Waals surface area contributed by atoms with Gasteiger partial charge in [0.1, 0.15) is 23.4 Å². The maximum Gasteiger partial charge on any atom is 0.151 e. The van der Waals surface area contributed by atoms with Gasteiger partial charge in [-0.05, 0) is 62.9 Å². The zero-order chi connectivity index (χ0) is 19.1. The van der Waals surface area contributed by atoms with Gasteiger partial charge in [0.25, 0.3) is 0 Å². The van der Waals surface area contributed by atoms with Crippen molar-refractivity contribution in [1.29, 1.82) is 0 Å². The van der Waals surface area contributed by atoms with E-state index in [4.69, 9.17) is 18.9 Å². The highest BCUT2D eigenvalue weighted by molar-refractivity contribution is 5.34. The Bertz CT molecular complexity index is 686. The molecule has 0 aromatic heterocycles. The van der Waals surface area contributed by atoms with E-state index in [0.29, 0.717) is 19.8 Å². The van der Waals surface area contributed by atoms with Crippen LogP contribution in [0.5, 0.6) is 17.2 Å². The molecule has 1 aliphatic rings. The van der Waals surface area contributed by atoms with Crippen molar-refractivity contribution in [2.45, 2.75) is 26.1 Å². The second-order valence-electron chi connectivity index (χ2n) is 6.62. The predicted octanol–water partition coefficient (Wildman–Crippen LogP) is 3.93. The molecule has 2 unspecified atom stereocenters. The highest BCUT2D eigenvalue weighted by Crippen LogP contribution is 2.30. The number of nitrogens with zero attached hydrogens (tertiary/aromatic N) is 1. The Hall–Kier alpha value is -2.24. The number of hydrogen-bond donors (Lipinski definition) is 0. The molecule has 1 heterocycles. The standard InChI is InChI=1S/C22H29NO4/c1-4-24-18-8-6-17(7-9-18)22(21-16-23(3)14-15-26-21)27-20-12-10-19(11-13-20)25-5-2/h6-13,21-22H,4-5,14-16H2,1-3H3. The minimum Gasteiger partial charge on any atom is -0.494 e. The Kier molecular flexibility index (Phi) is 6.96. The number of ether oxygens (including phenoxy) is 4. The van der Waals surface area contributed by atoms with E-state index in [0.717, 1.165) is 35.9 Å². The Morgan fingerprint density at radius 1 is 0.926 bits per heavy atom. The van der Waals surface area contributed by atoms with Crippen LogP contribution < -0.4 is 14.2 Å². The number of likely N-dealkylation sites (N-methyl/N-ethyl adjacent to an activating group) is 1. The fourth-order valence-electron chi connectivity index (χ4n) is 3.20. The maximum absolute atomic E-state index is 6.37. The summed E-state index contributed by atoms with van der Waals surface area (Å²) in [5.74, 6) is 2.51. The summed E-state index contributed by atoms with van der Waals surface area (Å²) in [6.07, 6.45) is -0.227. The van der Waals surface area contributed by atoms with E-state index < -0.39 is 0 Å². The normalized spacial score (nSPS) is 18.7. The molecule has 0 N–H and O–H groups in total. The van der Waals surface area contributed by atoms with Crippen molar-refractivity contribution >= 4 is 0 Å². The molecule has 5 heteroatoms. The molecular formula is C22H29NO4. The van der Waals surface area contributed by atoms with Crippen molar-refractivity contribution in [2.75, 3.05) is 40.0 Å². The van der Waals surface area contributed by atoms with Crippen molar-refractivity contribution in [3.8, 4) is 17.2 Å². The minimum absolute atomic E-state index is 0.0340. The van der Waals surface area contributed by atoms with E-state index >= 15 is 0 Å². The van der Waals surface area contributed by atoms with Gasteiger partial charge in [-0.2, -0.15) is 0 Å². The van der Waals surface area contributed by atoms with E-state index in [9.17, 15) is 0 Å². The first-order valence-electron chi connectivity index (χ1n) is 9.62. The zero-order valence-corrected chi connectivity index (χ0v) is 16.4. The second kappa shape index (κ2) is 9.62. The van der Waals surface area contributed by atoms with Crippen LogP contribution in [-0.2, 0) is 4.74 Å². The number of benzene rings is 2. The summed E-state index contributed by atoms with van der Waals surface area (Å²) in [7, 11) is 2.11. The van der Waals surface area contributed by atoms with Gasteiger partial charge >= 0.3 is 0 Å². The molecule has 0 radical (unpaired) electrons. The van der Waals surface area contributed by atoms with Crippen LogP contribution in [0.2, 0.25) is 0 Å². The van der Waals surface area contributed by atoms with Crippen LogP contribution in [0.1, 0.15) is 25.5 Å². The average Bonchev–Trinajstić information content (AvgIpc) is 2.69. The van der Waals surface area contributed by atoms with E-state index in [1.165, 1.54) is 0 Å². The van der Waals surface area contributed by atoms with Crippen molar-refractivity contribution < 1.29 is 18.9 Å². The van der Waals surface area contributed by atoms with Gasteiger partial charge in [0.15, 0.2) is 6.10 Å². The fourth-order valence-corrected chi connectivity index (χ4v) is 3.20. The molecule has 5 nitrogen and oxygen atoms in total. The lowest BCUT2D eigenvalue weighted by molar-refractivity contribution is -0.0760. The Labute approximate surface area is 161 Å². The van der Waals surface area contributed by atoms with Crippen molar-refractivity contribution in [1.82, 2.24) is 4.90 Å². The van der Waals surface area contributed by atoms with Crippen molar-refractivity contribution in [3.63, 3.8) is 0 Å². The van der Waals surface area contributed by atoms with E-state index in [2.05, 4.69) is 24.1 Å². The lowest BCUT2D eigenvalue weighted by Crippen LogP contribution is -2.44. The van der Waals surface area contributed by atoms with Gasteiger partial charge in [-0.25, -0.2) is 0 Å². The lowest BCUT2D eigenvalue weighted by Gasteiger charge is -2.35. The van der Waals surface area contributed by atoms with Crippen LogP contribution >= 0.6 is 0 Å². The third kappa shape index (κ3) is 5.37. The first-order chi connectivity index (χ1) is 13.2. The summed E-state index contributed by atoms with van der Waals surface area (Å²) in [5, 5.41) is 0. The van der Waals surface area contributed by atoms with E-state index in [1.54, 1.807) is 0 Å². The van der Waals surface area contributed by atoms with E-state index in [1.807, 2.05) is 50.2 Å². The summed E-state index contributed by atoms with van der Waals surface area (Å²) in [6.45, 7) is 7.74. The van der Waals surface area contributed by atoms with Gasteiger partial charge in [0, 0.05) is 13.1 Å². The van der Waals surface area contributed by atoms with Gasteiger partial charge in [0.05, 0.1) is 19.8 Å². The zero-order valence-electron chi connectivity index (χ0n) is 16.4. The van der Waals surface area contributed by atoms with Crippen molar-refractivity contribution in [2.24, 2.45) is 0 Å². The molecule has 0 bridgehead atoms. The molecule has 27 heavy (non-hydrogen) atoms. The summed E-state index contributed by atoms with van der Waals surface area (Å²) in [5.41, 5.74) is 1.08. The summed E-state index contributed by atoms with van der Waals surface area (Å²) in [4.78, 5) is 2.28. The first kappa shape index (κ1) is 19.5. The molecule has 1 aliphatic heterocycles. The van der Waals surface area contributed by atoms with Gasteiger partial charge in [-0.3, -0.25) is 0 Å². The van der Waals surface area contributed by atoms with Crippen LogP contribution in [-0.4, -0.2) is 51.0 Å². The van der Waals surface area contributed by atoms with Crippen LogP contribution in [0.25, 0.3) is 0 Å². The monoisotopic (exact) mass is 371 g/mol. The lowest BCUT2D eigenvalue weighted by atomic mass is 10.0. The average molecular weight is 371 g/mol. The van der Waals surface area contributed by atoms with E-state index in [-0.39, 0.29) is 12.2 Å². The number of rotatable bonds is 8. The molecule has 2 aromatic rings. The molecule has 2 aromatic carbocycles. The Balaban J connectivity index is 1.80. The summed E-state index contributed by atoms with van der Waals surface area (Å²) in [6, 6.07) is 15.8. The topological polar surface area (TPSA) is 40.2 Å². The quantitative estimate of drug-likeness (QED) is 0.703. The summed E-state index contributed by atoms with van der Waals surface area (Å²) >= 11 is 0. The Morgan fingerprint density at radius 3 is 2.04 bits per heavy atom. The van der Waals surface area contributed by atoms with Gasteiger partial charge in [0.2, 0.25) is 0 Å². The van der Waals surface area contributed by atoms with Gasteiger partial charge in [-0.15, -0.1) is 0 Å². The molecule has 0 spiro atoms. The first-order valence-corrected chi connectivity index (χ1v) is 9.62. The van der Waals surface area contributed by atoms with Crippen LogP contribution in [0, 0.1) is 0 Å². The molecule has 0 amide bonds. The Morgan fingerprint density at radius 2 is 1.48 bits per heavy atom. The van der Waals surface area contributed by atoms with Crippen molar-refractivity contribution in [3.05, 3.63) is 54.1 Å². The smallest absolute Gasteiger partial charge is 0.151 e. The maximum atomic E-state index is 6.37. The molecule has 3 rings (SSSR count). The predicted molar refractivity (Wildman–Crippen MR) is 106 cm³/mol. The fraction of sp³-hybridized carbons (Fsp3) is 0.455. The van der Waals surface area contributed by atoms with Gasteiger partial charge in [-0.1, -0.05) is 12.1 Å². The number of morpholine rings is 1. The van der Waals surface area contributed by atoms with Crippen LogP contribution in [0.15, 0.2) is 48.5 Å². The SMILES string of the molecule is CCOc1ccc(OC(c2ccc(OCC)cc2)C2CN(C)CCO2)cc1. The largest absolute Gasteiger partial charge is 0.494 e. The molecule has 1 saturated heterocycles. The number of hydrogen-bond acceptors (Lipinski definition) is 5. The molecular weight excluding hydrogens is 342 g/mol. The summed E-state index contributed by atoms with van der Waals surface area (Å²) < 4.78 is 23.5. The third-order valence-electron chi connectivity index (χ3n) is 4.55. The molecule has 0 aliphatic carbocycles. The molecule has 1 fully saturated rings. The van der Waals surface area contributed by atoms with Crippen LogP contribution in [0.4, 0.5) is 0 Å². The molecule has 2 atom stereocenters. The van der Waals surface area contributed by atoms with Crippen LogP contribution in [0.3, 0.4) is 0 Å². The minimum atomic E-state index is -0.193. The third-order valence-corrected chi connectivity index (χ3v) is 4.55.